The fraction of sp³-hybridized carbons (Fsp3) is 0.308. The Morgan fingerprint density at radius 3 is 2.47 bits per heavy atom. The molecule has 0 aliphatic carbocycles. The SMILES string of the molecule is CCOC(=O)c1ccc(NC(=O)N2CCc3c(sc(C)c3CC)[C@@H]2c2ccccc2)cc1. The molecule has 0 unspecified atom stereocenters. The van der Waals surface area contributed by atoms with Crippen molar-refractivity contribution in [1.29, 1.82) is 0 Å². The lowest BCUT2D eigenvalue weighted by Crippen LogP contribution is -2.42. The lowest BCUT2D eigenvalue weighted by atomic mass is 9.92. The fourth-order valence-corrected chi connectivity index (χ4v) is 5.84. The van der Waals surface area contributed by atoms with Crippen LogP contribution in [0.25, 0.3) is 0 Å². The third-order valence-corrected chi connectivity index (χ3v) is 7.13. The Labute approximate surface area is 193 Å². The zero-order chi connectivity index (χ0) is 22.7. The molecule has 1 aliphatic heterocycles. The van der Waals surface area contributed by atoms with Crippen molar-refractivity contribution in [2.75, 3.05) is 18.5 Å². The summed E-state index contributed by atoms with van der Waals surface area (Å²) in [4.78, 5) is 29.8. The van der Waals surface area contributed by atoms with Crippen LogP contribution < -0.4 is 5.32 Å². The smallest absolute Gasteiger partial charge is 0.338 e. The Bertz CT molecular complexity index is 1110. The summed E-state index contributed by atoms with van der Waals surface area (Å²) >= 11 is 1.81. The molecular formula is C26H28N2O3S. The van der Waals surface area contributed by atoms with E-state index in [0.717, 1.165) is 18.4 Å². The normalized spacial score (nSPS) is 15.2. The number of amides is 2. The third-order valence-electron chi connectivity index (χ3n) is 5.89. The van der Waals surface area contributed by atoms with E-state index in [0.29, 0.717) is 24.4 Å². The number of carbonyl (C=O) groups excluding carboxylic acids is 2. The van der Waals surface area contributed by atoms with Crippen molar-refractivity contribution < 1.29 is 14.3 Å². The zero-order valence-electron chi connectivity index (χ0n) is 18.7. The largest absolute Gasteiger partial charge is 0.462 e. The Balaban J connectivity index is 1.61. The number of rotatable bonds is 5. The topological polar surface area (TPSA) is 58.6 Å². The van der Waals surface area contributed by atoms with E-state index in [1.165, 1.54) is 20.9 Å². The average Bonchev–Trinajstić information content (AvgIpc) is 3.14. The number of nitrogens with one attached hydrogen (secondary N) is 1. The van der Waals surface area contributed by atoms with Crippen LogP contribution >= 0.6 is 11.3 Å². The predicted molar refractivity (Wildman–Crippen MR) is 129 cm³/mol. The summed E-state index contributed by atoms with van der Waals surface area (Å²) in [6.07, 6.45) is 1.87. The van der Waals surface area contributed by atoms with Crippen LogP contribution in [-0.2, 0) is 17.6 Å². The molecular weight excluding hydrogens is 420 g/mol. The van der Waals surface area contributed by atoms with Crippen LogP contribution in [0.5, 0.6) is 0 Å². The van der Waals surface area contributed by atoms with Gasteiger partial charge in [0.15, 0.2) is 0 Å². The first-order chi connectivity index (χ1) is 15.5. The van der Waals surface area contributed by atoms with Crippen molar-refractivity contribution in [3.05, 3.63) is 86.6 Å². The van der Waals surface area contributed by atoms with Gasteiger partial charge >= 0.3 is 12.0 Å². The number of benzene rings is 2. The number of anilines is 1. The van der Waals surface area contributed by atoms with Gasteiger partial charge in [0.1, 0.15) is 0 Å². The second-order valence-corrected chi connectivity index (χ2v) is 9.07. The van der Waals surface area contributed by atoms with Gasteiger partial charge in [-0.1, -0.05) is 37.3 Å². The van der Waals surface area contributed by atoms with Crippen LogP contribution in [0.4, 0.5) is 10.5 Å². The quantitative estimate of drug-likeness (QED) is 0.489. The molecule has 5 nitrogen and oxygen atoms in total. The predicted octanol–water partition coefficient (Wildman–Crippen LogP) is 5.98. The molecule has 1 atom stereocenters. The van der Waals surface area contributed by atoms with Gasteiger partial charge in [-0.25, -0.2) is 9.59 Å². The molecule has 3 aromatic rings. The standard InChI is InChI=1S/C26H28N2O3S/c1-4-21-17(3)32-24-22(21)15-16-28(23(24)18-9-7-6-8-10-18)26(30)27-20-13-11-19(12-14-20)25(29)31-5-2/h6-14,23H,4-5,15-16H2,1-3H3,(H,27,30)/t23-/m0/s1. The number of urea groups is 1. The van der Waals surface area contributed by atoms with Crippen molar-refractivity contribution >= 4 is 29.0 Å². The number of nitrogens with zero attached hydrogens (tertiary/aromatic N) is 1. The molecule has 0 bridgehead atoms. The molecule has 0 saturated heterocycles. The number of thiophene rings is 1. The van der Waals surface area contributed by atoms with E-state index in [2.05, 4.69) is 31.3 Å². The summed E-state index contributed by atoms with van der Waals surface area (Å²) in [6.45, 7) is 7.14. The number of ether oxygens (including phenoxy) is 1. The minimum absolute atomic E-state index is 0.109. The van der Waals surface area contributed by atoms with E-state index in [-0.39, 0.29) is 18.0 Å². The number of hydrogen-bond donors (Lipinski definition) is 1. The van der Waals surface area contributed by atoms with E-state index < -0.39 is 0 Å². The molecule has 0 radical (unpaired) electrons. The Hall–Kier alpha value is -3.12. The third kappa shape index (κ3) is 4.28. The maximum Gasteiger partial charge on any atom is 0.338 e. The lowest BCUT2D eigenvalue weighted by Gasteiger charge is -2.36. The summed E-state index contributed by atoms with van der Waals surface area (Å²) in [5.74, 6) is -0.363. The highest BCUT2D eigenvalue weighted by Gasteiger charge is 2.35. The zero-order valence-corrected chi connectivity index (χ0v) is 19.5. The molecule has 6 heteroatoms. The molecule has 0 saturated carbocycles. The maximum atomic E-state index is 13.4. The molecule has 2 aromatic carbocycles. The number of hydrogen-bond acceptors (Lipinski definition) is 4. The summed E-state index contributed by atoms with van der Waals surface area (Å²) in [6, 6.07) is 16.8. The molecule has 32 heavy (non-hydrogen) atoms. The van der Waals surface area contributed by atoms with Crippen LogP contribution in [0, 0.1) is 6.92 Å². The van der Waals surface area contributed by atoms with E-state index in [4.69, 9.17) is 4.74 Å². The summed E-state index contributed by atoms with van der Waals surface area (Å²) < 4.78 is 5.03. The number of aryl methyl sites for hydroxylation is 1. The molecule has 1 N–H and O–H groups in total. The van der Waals surface area contributed by atoms with Crippen LogP contribution in [0.2, 0.25) is 0 Å². The Kier molecular flexibility index (Phi) is 6.61. The van der Waals surface area contributed by atoms with E-state index in [1.807, 2.05) is 34.4 Å². The second-order valence-electron chi connectivity index (χ2n) is 7.82. The first-order valence-corrected chi connectivity index (χ1v) is 11.9. The van der Waals surface area contributed by atoms with Gasteiger partial charge in [0.25, 0.3) is 0 Å². The maximum absolute atomic E-state index is 13.4. The first-order valence-electron chi connectivity index (χ1n) is 11.0. The average molecular weight is 449 g/mol. The van der Waals surface area contributed by atoms with Crippen molar-refractivity contribution in [3.63, 3.8) is 0 Å². The lowest BCUT2D eigenvalue weighted by molar-refractivity contribution is 0.0526. The molecule has 1 aliphatic rings. The highest BCUT2D eigenvalue weighted by atomic mass is 32.1. The summed E-state index contributed by atoms with van der Waals surface area (Å²) in [5.41, 5.74) is 5.07. The van der Waals surface area contributed by atoms with Gasteiger partial charge in [-0.2, -0.15) is 0 Å². The van der Waals surface area contributed by atoms with Gasteiger partial charge in [0.05, 0.1) is 18.2 Å². The van der Waals surface area contributed by atoms with Gasteiger partial charge in [0.2, 0.25) is 0 Å². The van der Waals surface area contributed by atoms with Crippen LogP contribution in [0.15, 0.2) is 54.6 Å². The van der Waals surface area contributed by atoms with Gasteiger partial charge in [-0.3, -0.25) is 0 Å². The molecule has 2 amide bonds. The number of esters is 1. The molecule has 4 rings (SSSR count). The molecule has 166 valence electrons. The van der Waals surface area contributed by atoms with Crippen molar-refractivity contribution in [2.45, 2.75) is 39.7 Å². The highest BCUT2D eigenvalue weighted by molar-refractivity contribution is 7.12. The molecule has 2 heterocycles. The van der Waals surface area contributed by atoms with Gasteiger partial charge in [-0.05, 0) is 67.6 Å². The van der Waals surface area contributed by atoms with E-state index in [1.54, 1.807) is 31.2 Å². The summed E-state index contributed by atoms with van der Waals surface area (Å²) in [7, 11) is 0. The van der Waals surface area contributed by atoms with Crippen molar-refractivity contribution in [3.8, 4) is 0 Å². The minimum Gasteiger partial charge on any atom is -0.462 e. The molecule has 0 spiro atoms. The van der Waals surface area contributed by atoms with Crippen LogP contribution in [-0.4, -0.2) is 30.1 Å². The highest BCUT2D eigenvalue weighted by Crippen LogP contribution is 2.42. The monoisotopic (exact) mass is 448 g/mol. The van der Waals surface area contributed by atoms with E-state index >= 15 is 0 Å². The number of fused-ring (bicyclic) bond motifs is 1. The van der Waals surface area contributed by atoms with E-state index in [9.17, 15) is 9.59 Å². The Morgan fingerprint density at radius 1 is 1.09 bits per heavy atom. The van der Waals surface area contributed by atoms with Crippen molar-refractivity contribution in [2.24, 2.45) is 0 Å². The van der Waals surface area contributed by atoms with Gasteiger partial charge in [0, 0.05) is 22.0 Å². The van der Waals surface area contributed by atoms with Crippen molar-refractivity contribution in [1.82, 2.24) is 4.90 Å². The van der Waals surface area contributed by atoms with Crippen LogP contribution in [0.3, 0.4) is 0 Å². The van der Waals surface area contributed by atoms with Gasteiger partial charge < -0.3 is 15.0 Å². The minimum atomic E-state index is -0.363. The molecule has 1 aromatic heterocycles. The Morgan fingerprint density at radius 2 is 1.81 bits per heavy atom. The first kappa shape index (κ1) is 22.1. The van der Waals surface area contributed by atoms with Gasteiger partial charge in [-0.15, -0.1) is 11.3 Å². The second kappa shape index (κ2) is 9.57. The fourth-order valence-electron chi connectivity index (χ4n) is 4.39. The molecule has 0 fully saturated rings. The summed E-state index contributed by atoms with van der Waals surface area (Å²) in [5, 5.41) is 3.02. The van der Waals surface area contributed by atoms with Crippen LogP contribution in [0.1, 0.15) is 56.7 Å². The number of carbonyl (C=O) groups is 2.